The standard InChI is InChI=1S/C29H31N5O3/c1-34(2)29(36)22-14-18(11-12-23(22)33-28(35)24-9-6-7-13-30-24)19-15-21-25(31-16-19)17-32-27(21)20-8-4-5-10-26(20)37-3/h4-5,8,10-12,14-16,24,30H,6-7,9,13,17H2,1-3H3,(H,33,35)/t24-/m0/s1. The summed E-state index contributed by atoms with van der Waals surface area (Å²) in [6, 6.07) is 15.2. The predicted molar refractivity (Wildman–Crippen MR) is 144 cm³/mol. The van der Waals surface area contributed by atoms with E-state index >= 15 is 0 Å². The molecule has 0 aliphatic carbocycles. The Bertz CT molecular complexity index is 1380. The van der Waals surface area contributed by atoms with Crippen molar-refractivity contribution < 1.29 is 14.3 Å². The number of piperidine rings is 1. The normalized spacial score (nSPS) is 16.5. The smallest absolute Gasteiger partial charge is 0.255 e. The van der Waals surface area contributed by atoms with Gasteiger partial charge in [0.25, 0.3) is 5.91 Å². The SMILES string of the molecule is COc1ccccc1C1=NCc2ncc(-c3ccc(NC(=O)[C@@H]4CCCCN4)c(C(=O)N(C)C)c3)cc21. The van der Waals surface area contributed by atoms with Crippen LogP contribution in [0, 0.1) is 0 Å². The quantitative estimate of drug-likeness (QED) is 0.539. The predicted octanol–water partition coefficient (Wildman–Crippen LogP) is 3.89. The number of amides is 2. The maximum absolute atomic E-state index is 13.1. The molecule has 0 saturated carbocycles. The van der Waals surface area contributed by atoms with Gasteiger partial charge in [-0.05, 0) is 55.3 Å². The second-order valence-electron chi connectivity index (χ2n) is 9.54. The first-order valence-corrected chi connectivity index (χ1v) is 12.5. The van der Waals surface area contributed by atoms with Crippen LogP contribution in [0.15, 0.2) is 59.7 Å². The number of ether oxygens (including phenoxy) is 1. The van der Waals surface area contributed by atoms with E-state index in [-0.39, 0.29) is 17.9 Å². The molecule has 1 saturated heterocycles. The fourth-order valence-electron chi connectivity index (χ4n) is 4.84. The third-order valence-electron chi connectivity index (χ3n) is 6.85. The van der Waals surface area contributed by atoms with Crippen LogP contribution in [-0.2, 0) is 11.3 Å². The Morgan fingerprint density at radius 2 is 1.89 bits per heavy atom. The van der Waals surface area contributed by atoms with Crippen LogP contribution in [0.25, 0.3) is 11.1 Å². The van der Waals surface area contributed by atoms with Gasteiger partial charge in [0.15, 0.2) is 0 Å². The van der Waals surface area contributed by atoms with Gasteiger partial charge in [0.05, 0.1) is 42.4 Å². The van der Waals surface area contributed by atoms with Crippen molar-refractivity contribution in [3.63, 3.8) is 0 Å². The van der Waals surface area contributed by atoms with E-state index < -0.39 is 0 Å². The van der Waals surface area contributed by atoms with Crippen LogP contribution in [0.4, 0.5) is 5.69 Å². The molecule has 3 aromatic rings. The zero-order valence-electron chi connectivity index (χ0n) is 21.4. The van der Waals surface area contributed by atoms with Gasteiger partial charge in [0, 0.05) is 37.0 Å². The molecule has 0 unspecified atom stereocenters. The third-order valence-corrected chi connectivity index (χ3v) is 6.85. The van der Waals surface area contributed by atoms with Gasteiger partial charge in [-0.1, -0.05) is 24.6 Å². The number of nitrogens with one attached hydrogen (secondary N) is 2. The number of anilines is 1. The third kappa shape index (κ3) is 4.97. The number of nitrogens with zero attached hydrogens (tertiary/aromatic N) is 3. The van der Waals surface area contributed by atoms with Gasteiger partial charge in [-0.15, -0.1) is 0 Å². The Labute approximate surface area is 216 Å². The zero-order chi connectivity index (χ0) is 25.9. The highest BCUT2D eigenvalue weighted by Crippen LogP contribution is 2.32. The summed E-state index contributed by atoms with van der Waals surface area (Å²) < 4.78 is 5.56. The highest BCUT2D eigenvalue weighted by atomic mass is 16.5. The lowest BCUT2D eigenvalue weighted by Gasteiger charge is -2.23. The number of hydrogen-bond acceptors (Lipinski definition) is 6. The van der Waals surface area contributed by atoms with Crippen LogP contribution in [0.1, 0.15) is 46.4 Å². The first-order valence-electron chi connectivity index (χ1n) is 12.5. The number of carbonyl (C=O) groups excluding carboxylic acids is 2. The second kappa shape index (κ2) is 10.5. The van der Waals surface area contributed by atoms with Gasteiger partial charge in [0.1, 0.15) is 5.75 Å². The molecule has 37 heavy (non-hydrogen) atoms. The van der Waals surface area contributed by atoms with E-state index in [1.807, 2.05) is 42.6 Å². The molecule has 2 aromatic carbocycles. The summed E-state index contributed by atoms with van der Waals surface area (Å²) in [5.41, 5.74) is 6.25. The summed E-state index contributed by atoms with van der Waals surface area (Å²) in [5.74, 6) is 0.460. The molecule has 2 amide bonds. The first-order chi connectivity index (χ1) is 18.0. The van der Waals surface area contributed by atoms with Gasteiger partial charge in [0.2, 0.25) is 5.91 Å². The van der Waals surface area contributed by atoms with Gasteiger partial charge in [-0.2, -0.15) is 0 Å². The molecule has 2 aliphatic rings. The lowest BCUT2D eigenvalue weighted by molar-refractivity contribution is -0.118. The summed E-state index contributed by atoms with van der Waals surface area (Å²) in [6.45, 7) is 1.33. The molecule has 1 fully saturated rings. The number of benzene rings is 2. The van der Waals surface area contributed by atoms with Crippen LogP contribution in [0.5, 0.6) is 5.75 Å². The van der Waals surface area contributed by atoms with Crippen molar-refractivity contribution in [1.82, 2.24) is 15.2 Å². The molecular weight excluding hydrogens is 466 g/mol. The molecule has 8 nitrogen and oxygen atoms in total. The minimum Gasteiger partial charge on any atom is -0.496 e. The van der Waals surface area contributed by atoms with Gasteiger partial charge < -0.3 is 20.3 Å². The molecule has 1 atom stereocenters. The first kappa shape index (κ1) is 24.6. The molecule has 2 N–H and O–H groups in total. The molecule has 0 bridgehead atoms. The van der Waals surface area contributed by atoms with Crippen molar-refractivity contribution in [3.8, 4) is 16.9 Å². The topological polar surface area (TPSA) is 95.9 Å². The van der Waals surface area contributed by atoms with Crippen LogP contribution in [0.3, 0.4) is 0 Å². The van der Waals surface area contributed by atoms with Crippen molar-refractivity contribution in [2.45, 2.75) is 31.8 Å². The van der Waals surface area contributed by atoms with Crippen molar-refractivity contribution >= 4 is 23.2 Å². The maximum atomic E-state index is 13.1. The van der Waals surface area contributed by atoms with Gasteiger partial charge in [-0.25, -0.2) is 0 Å². The number of pyridine rings is 1. The minimum atomic E-state index is -0.246. The Morgan fingerprint density at radius 1 is 1.05 bits per heavy atom. The van der Waals surface area contributed by atoms with E-state index in [9.17, 15) is 9.59 Å². The lowest BCUT2D eigenvalue weighted by atomic mass is 9.97. The lowest BCUT2D eigenvalue weighted by Crippen LogP contribution is -2.43. The van der Waals surface area contributed by atoms with E-state index in [1.165, 1.54) is 4.90 Å². The van der Waals surface area contributed by atoms with Crippen LogP contribution >= 0.6 is 0 Å². The summed E-state index contributed by atoms with van der Waals surface area (Å²) in [4.78, 5) is 36.9. The molecule has 1 aromatic heterocycles. The summed E-state index contributed by atoms with van der Waals surface area (Å²) in [5, 5.41) is 6.24. The fourth-order valence-corrected chi connectivity index (χ4v) is 4.84. The maximum Gasteiger partial charge on any atom is 0.255 e. The van der Waals surface area contributed by atoms with Crippen molar-refractivity contribution in [2.24, 2.45) is 4.99 Å². The van der Waals surface area contributed by atoms with Crippen molar-refractivity contribution in [2.75, 3.05) is 33.1 Å². The molecule has 3 heterocycles. The summed E-state index contributed by atoms with van der Waals surface area (Å²) in [7, 11) is 5.06. The summed E-state index contributed by atoms with van der Waals surface area (Å²) >= 11 is 0. The van der Waals surface area contributed by atoms with E-state index in [1.54, 1.807) is 27.3 Å². The van der Waals surface area contributed by atoms with Gasteiger partial charge >= 0.3 is 0 Å². The number of hydrogen-bond donors (Lipinski definition) is 2. The largest absolute Gasteiger partial charge is 0.496 e. The number of rotatable bonds is 6. The van der Waals surface area contributed by atoms with Crippen LogP contribution < -0.4 is 15.4 Å². The monoisotopic (exact) mass is 497 g/mol. The Kier molecular flexibility index (Phi) is 7.01. The number of aromatic nitrogens is 1. The number of aliphatic imine (C=N–C) groups is 1. The summed E-state index contributed by atoms with van der Waals surface area (Å²) in [6.07, 6.45) is 4.68. The van der Waals surface area contributed by atoms with Crippen LogP contribution in [0.2, 0.25) is 0 Å². The molecule has 0 spiro atoms. The van der Waals surface area contributed by atoms with Crippen LogP contribution in [-0.4, -0.2) is 61.2 Å². The molecule has 0 radical (unpaired) electrons. The Hall–Kier alpha value is -4.04. The highest BCUT2D eigenvalue weighted by Gasteiger charge is 2.25. The molecule has 5 rings (SSSR count). The molecule has 2 aliphatic heterocycles. The molecule has 190 valence electrons. The van der Waals surface area contributed by atoms with Crippen molar-refractivity contribution in [3.05, 3.63) is 77.1 Å². The number of methoxy groups -OCH3 is 1. The number of carbonyl (C=O) groups is 2. The van der Waals surface area contributed by atoms with E-state index in [0.29, 0.717) is 17.8 Å². The highest BCUT2D eigenvalue weighted by molar-refractivity contribution is 6.16. The number of fused-ring (bicyclic) bond motifs is 1. The van der Waals surface area contributed by atoms with E-state index in [2.05, 4.69) is 21.7 Å². The second-order valence-corrected chi connectivity index (χ2v) is 9.54. The molecular formula is C29H31N5O3. The van der Waals surface area contributed by atoms with Gasteiger partial charge in [-0.3, -0.25) is 19.6 Å². The van der Waals surface area contributed by atoms with Crippen molar-refractivity contribution in [1.29, 1.82) is 0 Å². The molecule has 8 heteroatoms. The van der Waals surface area contributed by atoms with E-state index in [4.69, 9.17) is 9.73 Å². The fraction of sp³-hybridized carbons (Fsp3) is 0.310. The van der Waals surface area contributed by atoms with E-state index in [0.717, 1.165) is 65.2 Å². The average Bonchev–Trinajstić information content (AvgIpc) is 3.36. The number of para-hydroxylation sites is 1. The zero-order valence-corrected chi connectivity index (χ0v) is 21.4. The minimum absolute atomic E-state index is 0.114. The Morgan fingerprint density at radius 3 is 2.65 bits per heavy atom. The Balaban J connectivity index is 1.49. The average molecular weight is 498 g/mol.